The lowest BCUT2D eigenvalue weighted by Crippen LogP contribution is -2.67. The Morgan fingerprint density at radius 1 is 0.763 bits per heavy atom. The lowest BCUT2D eigenvalue weighted by atomic mass is 9.32. The summed E-state index contributed by atoms with van der Waals surface area (Å²) in [6.45, 7) is 23.1. The van der Waals surface area contributed by atoms with E-state index in [1.165, 1.54) is 56.9 Å². The van der Waals surface area contributed by atoms with Gasteiger partial charge in [0.25, 0.3) is 0 Å². The fourth-order valence-corrected chi connectivity index (χ4v) is 12.2. The Morgan fingerprint density at radius 2 is 1.47 bits per heavy atom. The van der Waals surface area contributed by atoms with Gasteiger partial charge in [-0.3, -0.25) is 9.59 Å². The maximum Gasteiger partial charge on any atom is 0.302 e. The van der Waals surface area contributed by atoms with Gasteiger partial charge in [-0.2, -0.15) is 0 Å². The van der Waals surface area contributed by atoms with Gasteiger partial charge in [-0.15, -0.1) is 0 Å². The summed E-state index contributed by atoms with van der Waals surface area (Å²) in [5.41, 5.74) is 2.30. The first kappa shape index (κ1) is 28.2. The molecular weight excluding hydrogens is 472 g/mol. The molecule has 0 aromatic carbocycles. The van der Waals surface area contributed by atoms with Crippen molar-refractivity contribution in [3.05, 3.63) is 12.2 Å². The van der Waals surface area contributed by atoms with Crippen LogP contribution in [0.2, 0.25) is 0 Å². The van der Waals surface area contributed by atoms with E-state index in [-0.39, 0.29) is 39.7 Å². The van der Waals surface area contributed by atoms with Gasteiger partial charge in [-0.25, -0.2) is 0 Å². The van der Waals surface area contributed by atoms with Gasteiger partial charge in [0.15, 0.2) is 0 Å². The molecule has 5 aliphatic rings. The highest BCUT2D eigenvalue weighted by molar-refractivity contribution is 5.66. The maximum atomic E-state index is 11.9. The van der Waals surface area contributed by atoms with Crippen LogP contribution in [-0.2, 0) is 19.1 Å². The quantitative estimate of drug-likeness (QED) is 0.274. The number of ether oxygens (including phenoxy) is 2. The molecular formula is C34H54O4. The molecule has 4 nitrogen and oxygen atoms in total. The van der Waals surface area contributed by atoms with E-state index < -0.39 is 0 Å². The summed E-state index contributed by atoms with van der Waals surface area (Å²) >= 11 is 0. The number of rotatable bonds is 4. The van der Waals surface area contributed by atoms with Crippen LogP contribution in [0, 0.1) is 56.7 Å². The van der Waals surface area contributed by atoms with E-state index in [9.17, 15) is 9.59 Å². The van der Waals surface area contributed by atoms with Gasteiger partial charge in [0.2, 0.25) is 0 Å². The predicted molar refractivity (Wildman–Crippen MR) is 151 cm³/mol. The molecule has 0 aromatic rings. The number of allylic oxidation sites excluding steroid dienone is 1. The van der Waals surface area contributed by atoms with Crippen molar-refractivity contribution in [2.45, 2.75) is 126 Å². The highest BCUT2D eigenvalue weighted by Crippen LogP contribution is 2.77. The fourth-order valence-electron chi connectivity index (χ4n) is 12.2. The van der Waals surface area contributed by atoms with Crippen molar-refractivity contribution < 1.29 is 19.1 Å². The minimum atomic E-state index is -0.140. The molecule has 5 fully saturated rings. The van der Waals surface area contributed by atoms with Gasteiger partial charge >= 0.3 is 11.9 Å². The Kier molecular flexibility index (Phi) is 6.76. The second-order valence-electron chi connectivity index (χ2n) is 15.8. The van der Waals surface area contributed by atoms with E-state index in [4.69, 9.17) is 9.47 Å². The minimum Gasteiger partial charge on any atom is -0.465 e. The van der Waals surface area contributed by atoms with E-state index in [1.807, 2.05) is 0 Å². The highest BCUT2D eigenvalue weighted by atomic mass is 16.5. The van der Waals surface area contributed by atoms with Crippen LogP contribution in [-0.4, -0.2) is 24.6 Å². The Hall–Kier alpha value is -1.32. The van der Waals surface area contributed by atoms with Crippen LogP contribution in [0.4, 0.5) is 0 Å². The number of hydrogen-bond acceptors (Lipinski definition) is 4. The molecule has 0 radical (unpaired) electrons. The fraction of sp³-hybridized carbons (Fsp3) is 0.882. The highest BCUT2D eigenvalue weighted by Gasteiger charge is 2.71. The molecule has 10 atom stereocenters. The van der Waals surface area contributed by atoms with Crippen LogP contribution in [0.1, 0.15) is 120 Å². The second kappa shape index (κ2) is 9.10. The SMILES string of the molecule is C=C(C)[C@@H]1CC[C@]2(COC(C)=O)CC[C@]3(C)[C@H](CC[C@@H]4[C@]5(C)CC[C@H](OC(C)=O)C(C)(C)[C@@H]5CC[C@]43C)[C@@H]12. The third-order valence-electron chi connectivity index (χ3n) is 14.0. The standard InChI is InChI=1S/C34H54O4/c1-21(2)24-12-17-34(20-37-22(3)35)19-18-32(8)25(29(24)34)10-11-27-31(7)15-14-28(38-23(4)36)30(5,6)26(31)13-16-33(27,32)9/h24-29H,1,10-20H2,2-9H3/t24-,25+,26-,27+,28-,29+,31+,32+,33+,34+/m0/s1. The summed E-state index contributed by atoms with van der Waals surface area (Å²) in [7, 11) is 0. The third-order valence-corrected chi connectivity index (χ3v) is 14.0. The van der Waals surface area contributed by atoms with E-state index in [2.05, 4.69) is 48.1 Å². The summed E-state index contributed by atoms with van der Waals surface area (Å²) in [6, 6.07) is 0. The van der Waals surface area contributed by atoms with Crippen molar-refractivity contribution in [1.82, 2.24) is 0 Å². The molecule has 5 rings (SSSR count). The first-order valence-corrected chi connectivity index (χ1v) is 15.6. The van der Waals surface area contributed by atoms with Crippen molar-refractivity contribution in [2.24, 2.45) is 56.7 Å². The molecule has 0 spiro atoms. The molecule has 0 aliphatic heterocycles. The van der Waals surface area contributed by atoms with Crippen molar-refractivity contribution >= 4 is 11.9 Å². The smallest absolute Gasteiger partial charge is 0.302 e. The van der Waals surface area contributed by atoms with E-state index in [1.54, 1.807) is 13.8 Å². The van der Waals surface area contributed by atoms with Gasteiger partial charge in [-0.1, -0.05) is 46.8 Å². The number of fused-ring (bicyclic) bond motifs is 7. The molecule has 0 N–H and O–H groups in total. The summed E-state index contributed by atoms with van der Waals surface area (Å²) in [4.78, 5) is 23.8. The van der Waals surface area contributed by atoms with E-state index in [0.29, 0.717) is 41.6 Å². The van der Waals surface area contributed by atoms with Gasteiger partial charge < -0.3 is 9.47 Å². The first-order chi connectivity index (χ1) is 17.6. The Morgan fingerprint density at radius 3 is 2.11 bits per heavy atom. The van der Waals surface area contributed by atoms with Crippen LogP contribution in [0.5, 0.6) is 0 Å². The maximum absolute atomic E-state index is 11.9. The van der Waals surface area contributed by atoms with Crippen LogP contribution in [0.15, 0.2) is 12.2 Å². The molecule has 38 heavy (non-hydrogen) atoms. The van der Waals surface area contributed by atoms with Crippen molar-refractivity contribution in [3.63, 3.8) is 0 Å². The number of esters is 2. The topological polar surface area (TPSA) is 52.6 Å². The van der Waals surface area contributed by atoms with Crippen molar-refractivity contribution in [2.75, 3.05) is 6.61 Å². The average molecular weight is 527 g/mol. The molecule has 0 aromatic heterocycles. The molecule has 0 bridgehead atoms. The molecule has 0 unspecified atom stereocenters. The summed E-state index contributed by atoms with van der Waals surface area (Å²) in [5, 5.41) is 0. The Balaban J connectivity index is 1.49. The van der Waals surface area contributed by atoms with Crippen LogP contribution < -0.4 is 0 Å². The van der Waals surface area contributed by atoms with Crippen molar-refractivity contribution in [1.29, 1.82) is 0 Å². The number of carbonyl (C=O) groups excluding carboxylic acids is 2. The molecule has 0 heterocycles. The Bertz CT molecular complexity index is 998. The Labute approximate surface area is 232 Å². The van der Waals surface area contributed by atoms with Gasteiger partial charge in [0, 0.05) is 24.7 Å². The zero-order chi connectivity index (χ0) is 27.9. The largest absolute Gasteiger partial charge is 0.465 e. The van der Waals surface area contributed by atoms with E-state index in [0.717, 1.165) is 12.8 Å². The number of carbonyl (C=O) groups is 2. The lowest BCUT2D eigenvalue weighted by molar-refractivity contribution is -0.252. The summed E-state index contributed by atoms with van der Waals surface area (Å²) < 4.78 is 11.7. The molecule has 5 saturated carbocycles. The van der Waals surface area contributed by atoms with Gasteiger partial charge in [0.05, 0.1) is 6.61 Å². The van der Waals surface area contributed by atoms with Crippen LogP contribution in [0.25, 0.3) is 0 Å². The van der Waals surface area contributed by atoms with Gasteiger partial charge in [-0.05, 0) is 117 Å². The molecule has 5 aliphatic carbocycles. The van der Waals surface area contributed by atoms with Crippen molar-refractivity contribution in [3.8, 4) is 0 Å². The zero-order valence-corrected chi connectivity index (χ0v) is 25.6. The zero-order valence-electron chi connectivity index (χ0n) is 25.6. The predicted octanol–water partition coefficient (Wildman–Crippen LogP) is 8.14. The average Bonchev–Trinajstić information content (AvgIpc) is 3.20. The lowest BCUT2D eigenvalue weighted by Gasteiger charge is -2.73. The van der Waals surface area contributed by atoms with Gasteiger partial charge in [0.1, 0.15) is 6.10 Å². The molecule has 4 heteroatoms. The normalized spacial score (nSPS) is 49.1. The third kappa shape index (κ3) is 3.80. The van der Waals surface area contributed by atoms with Crippen LogP contribution >= 0.6 is 0 Å². The number of hydrogen-bond donors (Lipinski definition) is 0. The molecule has 0 saturated heterocycles. The van der Waals surface area contributed by atoms with Crippen LogP contribution in [0.3, 0.4) is 0 Å². The van der Waals surface area contributed by atoms with E-state index >= 15 is 0 Å². The minimum absolute atomic E-state index is 0.00000109. The summed E-state index contributed by atoms with van der Waals surface area (Å²) in [6.07, 6.45) is 12.0. The molecule has 214 valence electrons. The first-order valence-electron chi connectivity index (χ1n) is 15.6. The molecule has 0 amide bonds. The monoisotopic (exact) mass is 526 g/mol. The summed E-state index contributed by atoms with van der Waals surface area (Å²) in [5.74, 6) is 2.76. The second-order valence-corrected chi connectivity index (χ2v) is 15.8.